The summed E-state index contributed by atoms with van der Waals surface area (Å²) in [4.78, 5) is 19.8. The molecule has 3 aliphatic heterocycles. The van der Waals surface area contributed by atoms with Crippen molar-refractivity contribution >= 4 is 19.8 Å². The largest absolute Gasteiger partial charge is 0.496 e. The molecule has 6 heteroatoms. The number of rotatable bonds is 3. The van der Waals surface area contributed by atoms with Gasteiger partial charge in [-0.25, -0.2) is 0 Å². The molecule has 34 heavy (non-hydrogen) atoms. The first-order chi connectivity index (χ1) is 16.3. The van der Waals surface area contributed by atoms with Crippen LogP contribution in [-0.2, 0) is 4.79 Å². The van der Waals surface area contributed by atoms with Crippen LogP contribution in [0.25, 0.3) is 5.31 Å². The number of fused-ring (bicyclic) bond motifs is 1. The summed E-state index contributed by atoms with van der Waals surface area (Å²) in [5.41, 5.74) is 4.63. The maximum Gasteiger partial charge on any atom is 0.252 e. The van der Waals surface area contributed by atoms with Crippen molar-refractivity contribution in [1.29, 1.82) is 0 Å². The van der Waals surface area contributed by atoms with Crippen LogP contribution >= 0.6 is 8.58 Å². The van der Waals surface area contributed by atoms with Gasteiger partial charge in [0.15, 0.2) is 0 Å². The van der Waals surface area contributed by atoms with E-state index in [0.29, 0.717) is 14.6 Å². The van der Waals surface area contributed by atoms with Crippen LogP contribution in [0.2, 0.25) is 0 Å². The molecular formula is C28H40N3O2P. The van der Waals surface area contributed by atoms with E-state index in [9.17, 15) is 4.79 Å². The van der Waals surface area contributed by atoms with E-state index in [1.54, 1.807) is 7.11 Å². The number of allylic oxidation sites excluding steroid dienone is 1. The standard InChI is InChI=1S/C23H30N3O2P.C5H10/c1-15-10-18(6-7-20(15)28-5)21-12-22(27)26-14-19(11-16(2)23(26)29-21)25-9-8-24(4)17(3)13-25;1-5-3-2-4-5/h6-7,10-12,14,17,23,29H,8-9,13H2,1-5H3;5H,2-4H2,1H3/t17-,23?;/m1./s1. The lowest BCUT2D eigenvalue weighted by Gasteiger charge is -2.43. The number of likely N-dealkylation sites (N-methyl/N-ethyl adjacent to an activating group) is 1. The van der Waals surface area contributed by atoms with Crippen LogP contribution in [0.5, 0.6) is 5.75 Å². The molecule has 0 bridgehead atoms. The number of piperazine rings is 1. The zero-order valence-corrected chi connectivity index (χ0v) is 22.6. The molecule has 1 saturated heterocycles. The van der Waals surface area contributed by atoms with Gasteiger partial charge in [-0.2, -0.15) is 0 Å². The van der Waals surface area contributed by atoms with Gasteiger partial charge in [-0.1, -0.05) is 40.8 Å². The van der Waals surface area contributed by atoms with Crippen LogP contribution in [0.15, 0.2) is 47.8 Å². The van der Waals surface area contributed by atoms with E-state index < -0.39 is 0 Å². The summed E-state index contributed by atoms with van der Waals surface area (Å²) in [6.07, 6.45) is 10.6. The molecule has 1 saturated carbocycles. The summed E-state index contributed by atoms with van der Waals surface area (Å²) in [5, 5.41) is 1.12. The minimum absolute atomic E-state index is 0.0735. The van der Waals surface area contributed by atoms with Gasteiger partial charge in [-0.15, -0.1) is 0 Å². The molecular weight excluding hydrogens is 441 g/mol. The number of carbonyl (C=O) groups is 1. The van der Waals surface area contributed by atoms with Gasteiger partial charge in [-0.3, -0.25) is 4.79 Å². The van der Waals surface area contributed by atoms with Crippen LogP contribution in [0, 0.1) is 12.8 Å². The van der Waals surface area contributed by atoms with Crippen molar-refractivity contribution in [2.75, 3.05) is 33.8 Å². The fourth-order valence-corrected chi connectivity index (χ4v) is 6.30. The van der Waals surface area contributed by atoms with Crippen LogP contribution in [0.1, 0.15) is 51.2 Å². The van der Waals surface area contributed by atoms with Gasteiger partial charge in [0.1, 0.15) is 5.75 Å². The summed E-state index contributed by atoms with van der Waals surface area (Å²) in [6.45, 7) is 11.8. The molecule has 4 aliphatic rings. The Hall–Kier alpha value is -2.10. The molecule has 0 N–H and O–H groups in total. The first-order valence-corrected chi connectivity index (χ1v) is 13.6. The molecule has 2 unspecified atom stereocenters. The Balaban J connectivity index is 0.000000486. The van der Waals surface area contributed by atoms with Crippen LogP contribution < -0.4 is 4.74 Å². The molecule has 5 nitrogen and oxygen atoms in total. The van der Waals surface area contributed by atoms with Crippen molar-refractivity contribution in [2.45, 2.75) is 58.8 Å². The lowest BCUT2D eigenvalue weighted by Crippen LogP contribution is -2.50. The molecule has 1 aliphatic carbocycles. The summed E-state index contributed by atoms with van der Waals surface area (Å²) >= 11 is 0. The highest BCUT2D eigenvalue weighted by Crippen LogP contribution is 2.47. The zero-order chi connectivity index (χ0) is 24.4. The maximum atomic E-state index is 13.0. The van der Waals surface area contributed by atoms with Gasteiger partial charge in [0.25, 0.3) is 5.91 Å². The van der Waals surface area contributed by atoms with E-state index >= 15 is 0 Å². The molecule has 2 fully saturated rings. The highest BCUT2D eigenvalue weighted by Gasteiger charge is 2.33. The minimum Gasteiger partial charge on any atom is -0.496 e. The Labute approximate surface area is 207 Å². The molecule has 5 rings (SSSR count). The lowest BCUT2D eigenvalue weighted by atomic mass is 9.88. The Kier molecular flexibility index (Phi) is 7.84. The number of carbonyl (C=O) groups excluding carboxylic acids is 1. The van der Waals surface area contributed by atoms with E-state index in [1.165, 1.54) is 24.8 Å². The number of benzene rings is 1. The minimum atomic E-state index is 0.0735. The van der Waals surface area contributed by atoms with Crippen molar-refractivity contribution in [2.24, 2.45) is 5.92 Å². The number of amides is 1. The number of ether oxygens (including phenoxy) is 1. The van der Waals surface area contributed by atoms with Crippen molar-refractivity contribution in [1.82, 2.24) is 14.7 Å². The third-order valence-electron chi connectivity index (χ3n) is 7.60. The second kappa shape index (κ2) is 10.7. The fourth-order valence-electron chi connectivity index (χ4n) is 4.83. The molecule has 3 heterocycles. The van der Waals surface area contributed by atoms with Crippen molar-refractivity contribution in [3.63, 3.8) is 0 Å². The predicted molar refractivity (Wildman–Crippen MR) is 143 cm³/mol. The third-order valence-corrected chi connectivity index (χ3v) is 9.35. The SMILES string of the molecule is CC1CCC1.COc1ccc(C2=CC(=O)N3C=C(N4CCN(C)[C@H](C)C4)C=C(C)C3P2)cc1C. The van der Waals surface area contributed by atoms with Crippen molar-refractivity contribution in [3.05, 3.63) is 58.9 Å². The molecule has 1 aromatic rings. The Bertz CT molecular complexity index is 1010. The molecule has 3 atom stereocenters. The first kappa shape index (κ1) is 25.0. The number of hydrogen-bond acceptors (Lipinski definition) is 4. The number of methoxy groups -OCH3 is 1. The van der Waals surface area contributed by atoms with E-state index in [1.807, 2.05) is 24.0 Å². The second-order valence-corrected chi connectivity index (χ2v) is 11.7. The van der Waals surface area contributed by atoms with Crippen LogP contribution in [-0.4, -0.2) is 66.2 Å². The smallest absolute Gasteiger partial charge is 0.252 e. The summed E-state index contributed by atoms with van der Waals surface area (Å²) in [5.74, 6) is 2.14. The maximum absolute atomic E-state index is 13.0. The van der Waals surface area contributed by atoms with Gasteiger partial charge in [0, 0.05) is 38.0 Å². The summed E-state index contributed by atoms with van der Waals surface area (Å²) in [6, 6.07) is 6.68. The normalized spacial score (nSPS) is 26.1. The Morgan fingerprint density at radius 1 is 1.09 bits per heavy atom. The van der Waals surface area contributed by atoms with E-state index in [-0.39, 0.29) is 11.7 Å². The average Bonchev–Trinajstić information content (AvgIpc) is 2.80. The number of nitrogens with zero attached hydrogens (tertiary/aromatic N) is 3. The molecule has 184 valence electrons. The van der Waals surface area contributed by atoms with Gasteiger partial charge in [-0.05, 0) is 74.0 Å². The van der Waals surface area contributed by atoms with Crippen LogP contribution in [0.4, 0.5) is 0 Å². The van der Waals surface area contributed by atoms with E-state index in [2.05, 4.69) is 62.0 Å². The molecule has 0 aromatic heterocycles. The number of aryl methyl sites for hydroxylation is 1. The van der Waals surface area contributed by atoms with E-state index in [0.717, 1.165) is 53.4 Å². The van der Waals surface area contributed by atoms with Gasteiger partial charge < -0.3 is 19.4 Å². The topological polar surface area (TPSA) is 36.0 Å². The average molecular weight is 482 g/mol. The van der Waals surface area contributed by atoms with Crippen LogP contribution in [0.3, 0.4) is 0 Å². The van der Waals surface area contributed by atoms with E-state index in [4.69, 9.17) is 4.74 Å². The zero-order valence-electron chi connectivity index (χ0n) is 21.6. The quantitative estimate of drug-likeness (QED) is 0.539. The summed E-state index contributed by atoms with van der Waals surface area (Å²) < 4.78 is 5.38. The molecule has 0 radical (unpaired) electrons. The second-order valence-electron chi connectivity index (χ2n) is 10.3. The number of hydrogen-bond donors (Lipinski definition) is 0. The molecule has 1 amide bonds. The molecule has 1 aromatic carbocycles. The van der Waals surface area contributed by atoms with Gasteiger partial charge in [0.2, 0.25) is 0 Å². The van der Waals surface area contributed by atoms with Gasteiger partial charge >= 0.3 is 0 Å². The van der Waals surface area contributed by atoms with Crippen molar-refractivity contribution in [3.8, 4) is 5.75 Å². The Morgan fingerprint density at radius 2 is 1.82 bits per heavy atom. The third kappa shape index (κ3) is 5.42. The first-order valence-electron chi connectivity index (χ1n) is 12.6. The monoisotopic (exact) mass is 481 g/mol. The predicted octanol–water partition coefficient (Wildman–Crippen LogP) is 5.43. The van der Waals surface area contributed by atoms with Crippen molar-refractivity contribution < 1.29 is 9.53 Å². The highest BCUT2D eigenvalue weighted by atomic mass is 31.1. The molecule has 0 spiro atoms. The van der Waals surface area contributed by atoms with Gasteiger partial charge in [0.05, 0.1) is 18.6 Å². The Morgan fingerprint density at radius 3 is 2.41 bits per heavy atom. The fraction of sp³-hybridized carbons (Fsp3) is 0.536. The highest BCUT2D eigenvalue weighted by molar-refractivity contribution is 7.51. The summed E-state index contributed by atoms with van der Waals surface area (Å²) in [7, 11) is 4.40. The lowest BCUT2D eigenvalue weighted by molar-refractivity contribution is -0.124.